The van der Waals surface area contributed by atoms with Gasteiger partial charge in [0.15, 0.2) is 5.82 Å². The third-order valence-electron chi connectivity index (χ3n) is 1.24. The van der Waals surface area contributed by atoms with E-state index in [1.165, 1.54) is 17.9 Å². The predicted octanol–water partition coefficient (Wildman–Crippen LogP) is 1.07. The van der Waals surface area contributed by atoms with Crippen molar-refractivity contribution in [3.05, 3.63) is 17.0 Å². The molecule has 0 amide bonds. The van der Waals surface area contributed by atoms with Crippen molar-refractivity contribution in [3.8, 4) is 5.13 Å². The lowest BCUT2D eigenvalue weighted by Gasteiger charge is -1.89. The van der Waals surface area contributed by atoms with Crippen molar-refractivity contribution in [1.82, 2.24) is 19.1 Å². The van der Waals surface area contributed by atoms with Crippen LogP contribution < -0.4 is 5.73 Å². The maximum Gasteiger partial charge on any atom is 0.229 e. The number of halogens is 1. The summed E-state index contributed by atoms with van der Waals surface area (Å²) in [4.78, 5) is 3.97. The van der Waals surface area contributed by atoms with Crippen LogP contribution in [0.25, 0.3) is 5.13 Å². The van der Waals surface area contributed by atoms with Crippen molar-refractivity contribution < 1.29 is 0 Å². The second-order valence-electron chi connectivity index (χ2n) is 2.03. The Bertz CT molecular complexity index is 361. The number of hydrogen-bond acceptors (Lipinski definition) is 5. The fraction of sp³-hybridized carbons (Fsp3) is 0. The van der Waals surface area contributed by atoms with E-state index in [1.807, 2.05) is 0 Å². The van der Waals surface area contributed by atoms with Crippen molar-refractivity contribution in [2.24, 2.45) is 0 Å². The molecular formula is C5H4BrN5S. The summed E-state index contributed by atoms with van der Waals surface area (Å²) in [7, 11) is 0. The van der Waals surface area contributed by atoms with Crippen LogP contribution in [0.1, 0.15) is 0 Å². The molecule has 7 heteroatoms. The predicted molar refractivity (Wildman–Crippen MR) is 49.1 cm³/mol. The zero-order valence-electron chi connectivity index (χ0n) is 5.81. The zero-order chi connectivity index (χ0) is 8.55. The maximum atomic E-state index is 5.52. The fourth-order valence-corrected chi connectivity index (χ4v) is 1.47. The van der Waals surface area contributed by atoms with Gasteiger partial charge in [0.05, 0.1) is 4.47 Å². The van der Waals surface area contributed by atoms with Crippen molar-refractivity contribution in [1.29, 1.82) is 0 Å². The normalized spacial score (nSPS) is 10.4. The Morgan fingerprint density at radius 2 is 2.42 bits per heavy atom. The molecule has 0 saturated carbocycles. The van der Waals surface area contributed by atoms with Crippen molar-refractivity contribution in [3.63, 3.8) is 0 Å². The summed E-state index contributed by atoms with van der Waals surface area (Å²) < 4.78 is 6.19. The first kappa shape index (κ1) is 7.69. The topological polar surface area (TPSA) is 69.6 Å². The molecule has 2 aromatic rings. The van der Waals surface area contributed by atoms with E-state index in [-0.39, 0.29) is 0 Å². The molecule has 2 rings (SSSR count). The zero-order valence-corrected chi connectivity index (χ0v) is 8.21. The first-order valence-corrected chi connectivity index (χ1v) is 4.61. The smallest absolute Gasteiger partial charge is 0.229 e. The number of nitrogen functional groups attached to an aromatic ring is 1. The third-order valence-corrected chi connectivity index (χ3v) is 2.51. The lowest BCUT2D eigenvalue weighted by molar-refractivity contribution is 0.874. The summed E-state index contributed by atoms with van der Waals surface area (Å²) in [5, 5.41) is 4.71. The Balaban J connectivity index is 2.48. The average Bonchev–Trinajstić information content (AvgIpc) is 2.61. The molecule has 62 valence electrons. The highest BCUT2D eigenvalue weighted by Gasteiger charge is 2.05. The first-order valence-electron chi connectivity index (χ1n) is 3.05. The number of aromatic nitrogens is 4. The summed E-state index contributed by atoms with van der Waals surface area (Å²) in [6.07, 6.45) is 3.22. The van der Waals surface area contributed by atoms with Crippen molar-refractivity contribution in [2.75, 3.05) is 5.73 Å². The largest absolute Gasteiger partial charge is 0.381 e. The molecule has 0 radical (unpaired) electrons. The minimum absolute atomic E-state index is 0.449. The van der Waals surface area contributed by atoms with Gasteiger partial charge in [-0.3, -0.25) is 0 Å². The van der Waals surface area contributed by atoms with Gasteiger partial charge in [0, 0.05) is 17.7 Å². The third kappa shape index (κ3) is 1.21. The summed E-state index contributed by atoms with van der Waals surface area (Å²) in [6.45, 7) is 0. The number of anilines is 1. The van der Waals surface area contributed by atoms with Crippen LogP contribution in [0.15, 0.2) is 17.0 Å². The lowest BCUT2D eigenvalue weighted by atomic mass is 10.7. The molecule has 2 heterocycles. The second-order valence-corrected chi connectivity index (χ2v) is 3.64. The molecule has 2 N–H and O–H groups in total. The number of hydrogen-bond donors (Lipinski definition) is 1. The summed E-state index contributed by atoms with van der Waals surface area (Å²) >= 11 is 4.51. The quantitative estimate of drug-likeness (QED) is 0.816. The number of nitrogens with two attached hydrogens (primary N) is 1. The Morgan fingerprint density at radius 3 is 2.92 bits per heavy atom. The Kier molecular flexibility index (Phi) is 1.81. The Labute approximate surface area is 80.5 Å². The Hall–Kier alpha value is -0.950. The maximum absolute atomic E-state index is 5.52. The van der Waals surface area contributed by atoms with Crippen LogP contribution in [-0.4, -0.2) is 19.1 Å². The van der Waals surface area contributed by atoms with Crippen LogP contribution in [0, 0.1) is 0 Å². The average molecular weight is 246 g/mol. The van der Waals surface area contributed by atoms with E-state index < -0.39 is 0 Å². The highest BCUT2D eigenvalue weighted by Crippen LogP contribution is 2.19. The SMILES string of the molecule is Nc1nn(-c2ncns2)cc1Br. The molecule has 0 aliphatic carbocycles. The van der Waals surface area contributed by atoms with Gasteiger partial charge in [-0.15, -0.1) is 5.10 Å². The van der Waals surface area contributed by atoms with Gasteiger partial charge in [-0.1, -0.05) is 0 Å². The fourth-order valence-electron chi connectivity index (χ4n) is 0.732. The van der Waals surface area contributed by atoms with E-state index in [0.29, 0.717) is 10.9 Å². The van der Waals surface area contributed by atoms with Crippen molar-refractivity contribution >= 4 is 33.3 Å². The van der Waals surface area contributed by atoms with Gasteiger partial charge in [0.1, 0.15) is 6.33 Å². The molecule has 0 bridgehead atoms. The summed E-state index contributed by atoms with van der Waals surface area (Å²) in [5.74, 6) is 0.449. The lowest BCUT2D eigenvalue weighted by Crippen LogP contribution is -1.94. The molecule has 0 spiro atoms. The molecule has 0 unspecified atom stereocenters. The van der Waals surface area contributed by atoms with E-state index in [4.69, 9.17) is 5.73 Å². The van der Waals surface area contributed by atoms with Gasteiger partial charge in [-0.05, 0) is 15.9 Å². The van der Waals surface area contributed by atoms with Crippen LogP contribution in [-0.2, 0) is 0 Å². The highest BCUT2D eigenvalue weighted by atomic mass is 79.9. The first-order chi connectivity index (χ1) is 5.77. The van der Waals surface area contributed by atoms with E-state index in [0.717, 1.165) is 4.47 Å². The molecule has 0 saturated heterocycles. The van der Waals surface area contributed by atoms with E-state index in [1.54, 1.807) is 10.9 Å². The minimum atomic E-state index is 0.449. The van der Waals surface area contributed by atoms with Crippen LogP contribution in [0.2, 0.25) is 0 Å². The molecule has 2 aromatic heterocycles. The molecular weight excluding hydrogens is 242 g/mol. The highest BCUT2D eigenvalue weighted by molar-refractivity contribution is 9.10. The van der Waals surface area contributed by atoms with Gasteiger partial charge in [0.25, 0.3) is 0 Å². The monoisotopic (exact) mass is 245 g/mol. The Morgan fingerprint density at radius 1 is 1.58 bits per heavy atom. The summed E-state index contributed by atoms with van der Waals surface area (Å²) in [6, 6.07) is 0. The van der Waals surface area contributed by atoms with Crippen LogP contribution in [0.3, 0.4) is 0 Å². The molecule has 0 atom stereocenters. The van der Waals surface area contributed by atoms with Gasteiger partial charge in [-0.25, -0.2) is 9.67 Å². The van der Waals surface area contributed by atoms with E-state index >= 15 is 0 Å². The van der Waals surface area contributed by atoms with E-state index in [9.17, 15) is 0 Å². The molecule has 5 nitrogen and oxygen atoms in total. The number of rotatable bonds is 1. The van der Waals surface area contributed by atoms with Crippen molar-refractivity contribution in [2.45, 2.75) is 0 Å². The van der Waals surface area contributed by atoms with Gasteiger partial charge < -0.3 is 5.73 Å². The van der Waals surface area contributed by atoms with Crippen LogP contribution >= 0.6 is 27.5 Å². The molecule has 0 aliphatic heterocycles. The summed E-state index contributed by atoms with van der Waals surface area (Å²) in [5.41, 5.74) is 5.52. The van der Waals surface area contributed by atoms with Crippen LogP contribution in [0.4, 0.5) is 5.82 Å². The van der Waals surface area contributed by atoms with Gasteiger partial charge >= 0.3 is 0 Å². The van der Waals surface area contributed by atoms with Gasteiger partial charge in [-0.2, -0.15) is 4.37 Å². The molecule has 0 aliphatic rings. The second kappa shape index (κ2) is 2.83. The number of nitrogens with zero attached hydrogens (tertiary/aromatic N) is 4. The molecule has 0 aromatic carbocycles. The molecule has 0 fully saturated rings. The minimum Gasteiger partial charge on any atom is -0.381 e. The molecule has 12 heavy (non-hydrogen) atoms. The van der Waals surface area contributed by atoms with E-state index in [2.05, 4.69) is 30.4 Å². The van der Waals surface area contributed by atoms with Crippen LogP contribution in [0.5, 0.6) is 0 Å². The standard InChI is InChI=1S/C5H4BrN5S/c6-3-1-11(10-4(3)7)5-8-2-9-12-5/h1-2H,(H2,7,10). The van der Waals surface area contributed by atoms with Gasteiger partial charge in [0.2, 0.25) is 5.13 Å².